The predicted octanol–water partition coefficient (Wildman–Crippen LogP) is 0.740. The van der Waals surface area contributed by atoms with E-state index in [1.807, 2.05) is 0 Å². The summed E-state index contributed by atoms with van der Waals surface area (Å²) in [7, 11) is 1.72. The SMILES string of the molecule is COC(CN)CCNCC1(C)CC1. The fourth-order valence-corrected chi connectivity index (χ4v) is 1.38. The lowest BCUT2D eigenvalue weighted by Crippen LogP contribution is -2.30. The van der Waals surface area contributed by atoms with Gasteiger partial charge in [0.25, 0.3) is 0 Å². The molecule has 1 atom stereocenters. The molecule has 0 aromatic heterocycles. The molecule has 0 bridgehead atoms. The number of hydrogen-bond donors (Lipinski definition) is 2. The first kappa shape index (κ1) is 11.0. The van der Waals surface area contributed by atoms with Crippen LogP contribution >= 0.6 is 0 Å². The van der Waals surface area contributed by atoms with Crippen molar-refractivity contribution in [1.29, 1.82) is 0 Å². The fourth-order valence-electron chi connectivity index (χ4n) is 1.38. The Morgan fingerprint density at radius 2 is 2.23 bits per heavy atom. The molecule has 0 heterocycles. The highest BCUT2D eigenvalue weighted by molar-refractivity contribution is 4.90. The number of methoxy groups -OCH3 is 1. The van der Waals surface area contributed by atoms with Gasteiger partial charge in [-0.05, 0) is 31.2 Å². The van der Waals surface area contributed by atoms with E-state index < -0.39 is 0 Å². The van der Waals surface area contributed by atoms with Crippen molar-refractivity contribution >= 4 is 0 Å². The summed E-state index contributed by atoms with van der Waals surface area (Å²) in [5.74, 6) is 0. The molecule has 78 valence electrons. The summed E-state index contributed by atoms with van der Waals surface area (Å²) in [5, 5.41) is 3.45. The second-order valence-corrected chi connectivity index (χ2v) is 4.37. The van der Waals surface area contributed by atoms with Gasteiger partial charge in [0.2, 0.25) is 0 Å². The third kappa shape index (κ3) is 4.07. The molecular formula is C10H22N2O. The summed E-state index contributed by atoms with van der Waals surface area (Å²) in [4.78, 5) is 0. The van der Waals surface area contributed by atoms with Crippen LogP contribution in [0.1, 0.15) is 26.2 Å². The third-order valence-electron chi connectivity index (χ3n) is 2.89. The van der Waals surface area contributed by atoms with Crippen LogP contribution in [0.25, 0.3) is 0 Å². The van der Waals surface area contributed by atoms with Crippen LogP contribution in [0.2, 0.25) is 0 Å². The molecule has 0 amide bonds. The second kappa shape index (κ2) is 4.94. The molecule has 1 rings (SSSR count). The smallest absolute Gasteiger partial charge is 0.0705 e. The number of rotatable bonds is 7. The van der Waals surface area contributed by atoms with E-state index in [0.717, 1.165) is 19.5 Å². The molecule has 3 heteroatoms. The monoisotopic (exact) mass is 186 g/mol. The topological polar surface area (TPSA) is 47.3 Å². The molecule has 1 aliphatic rings. The molecule has 3 nitrogen and oxygen atoms in total. The zero-order valence-electron chi connectivity index (χ0n) is 8.81. The minimum atomic E-state index is 0.222. The summed E-state index contributed by atoms with van der Waals surface area (Å²) in [6.45, 7) is 5.12. The highest BCUT2D eigenvalue weighted by Gasteiger charge is 2.36. The summed E-state index contributed by atoms with van der Waals surface area (Å²) in [6, 6.07) is 0. The molecule has 0 spiro atoms. The maximum Gasteiger partial charge on any atom is 0.0705 e. The average molecular weight is 186 g/mol. The minimum Gasteiger partial charge on any atom is -0.380 e. The van der Waals surface area contributed by atoms with E-state index in [2.05, 4.69) is 12.2 Å². The summed E-state index contributed by atoms with van der Waals surface area (Å²) in [5.41, 5.74) is 6.11. The van der Waals surface area contributed by atoms with Gasteiger partial charge in [-0.15, -0.1) is 0 Å². The van der Waals surface area contributed by atoms with Gasteiger partial charge in [0.05, 0.1) is 6.10 Å². The molecule has 0 saturated heterocycles. The van der Waals surface area contributed by atoms with E-state index in [9.17, 15) is 0 Å². The molecule has 0 aromatic rings. The van der Waals surface area contributed by atoms with E-state index in [-0.39, 0.29) is 6.10 Å². The molecule has 0 aromatic carbocycles. The molecule has 0 aliphatic heterocycles. The Morgan fingerprint density at radius 1 is 1.54 bits per heavy atom. The first-order valence-corrected chi connectivity index (χ1v) is 5.14. The van der Waals surface area contributed by atoms with Crippen molar-refractivity contribution in [1.82, 2.24) is 5.32 Å². The molecule has 3 N–H and O–H groups in total. The third-order valence-corrected chi connectivity index (χ3v) is 2.89. The van der Waals surface area contributed by atoms with Crippen molar-refractivity contribution in [2.24, 2.45) is 11.1 Å². The molecule has 1 saturated carbocycles. The predicted molar refractivity (Wildman–Crippen MR) is 54.7 cm³/mol. The lowest BCUT2D eigenvalue weighted by Gasteiger charge is -2.14. The molecule has 0 radical (unpaired) electrons. The van der Waals surface area contributed by atoms with Gasteiger partial charge in [0, 0.05) is 20.2 Å². The Morgan fingerprint density at radius 3 is 2.69 bits per heavy atom. The largest absolute Gasteiger partial charge is 0.380 e. The number of nitrogens with one attached hydrogen (secondary N) is 1. The fraction of sp³-hybridized carbons (Fsp3) is 1.00. The number of hydrogen-bond acceptors (Lipinski definition) is 3. The molecular weight excluding hydrogens is 164 g/mol. The zero-order chi connectivity index (χ0) is 9.73. The van der Waals surface area contributed by atoms with Crippen LogP contribution in [0.15, 0.2) is 0 Å². The van der Waals surface area contributed by atoms with Crippen LogP contribution in [-0.4, -0.2) is 32.8 Å². The minimum absolute atomic E-state index is 0.222. The lowest BCUT2D eigenvalue weighted by molar-refractivity contribution is 0.102. The van der Waals surface area contributed by atoms with Gasteiger partial charge in [0.1, 0.15) is 0 Å². The molecule has 1 unspecified atom stereocenters. The van der Waals surface area contributed by atoms with Gasteiger partial charge in [-0.2, -0.15) is 0 Å². The molecule has 1 fully saturated rings. The van der Waals surface area contributed by atoms with Crippen LogP contribution in [-0.2, 0) is 4.74 Å². The molecule has 13 heavy (non-hydrogen) atoms. The van der Waals surface area contributed by atoms with E-state index in [1.165, 1.54) is 12.8 Å². The van der Waals surface area contributed by atoms with Crippen LogP contribution in [0.4, 0.5) is 0 Å². The van der Waals surface area contributed by atoms with Crippen LogP contribution < -0.4 is 11.1 Å². The Labute approximate surface area is 81.0 Å². The summed E-state index contributed by atoms with van der Waals surface area (Å²) in [6.07, 6.45) is 4.00. The average Bonchev–Trinajstić information content (AvgIpc) is 2.85. The van der Waals surface area contributed by atoms with Gasteiger partial charge >= 0.3 is 0 Å². The van der Waals surface area contributed by atoms with Gasteiger partial charge in [0.15, 0.2) is 0 Å². The maximum absolute atomic E-state index is 5.51. The van der Waals surface area contributed by atoms with Crippen molar-refractivity contribution in [2.75, 3.05) is 26.7 Å². The first-order valence-electron chi connectivity index (χ1n) is 5.14. The van der Waals surface area contributed by atoms with Crippen molar-refractivity contribution < 1.29 is 4.74 Å². The quantitative estimate of drug-likeness (QED) is 0.577. The number of ether oxygens (including phenoxy) is 1. The highest BCUT2D eigenvalue weighted by Crippen LogP contribution is 2.43. The second-order valence-electron chi connectivity index (χ2n) is 4.37. The normalized spacial score (nSPS) is 21.5. The lowest BCUT2D eigenvalue weighted by atomic mass is 10.1. The standard InChI is InChI=1S/C10H22N2O/c1-10(4-5-10)8-12-6-3-9(7-11)13-2/h9,12H,3-8,11H2,1-2H3. The summed E-state index contributed by atoms with van der Waals surface area (Å²) >= 11 is 0. The van der Waals surface area contributed by atoms with Gasteiger partial charge in [-0.3, -0.25) is 0 Å². The van der Waals surface area contributed by atoms with E-state index in [0.29, 0.717) is 12.0 Å². The maximum atomic E-state index is 5.51. The molecule has 1 aliphatic carbocycles. The Kier molecular flexibility index (Phi) is 4.16. The van der Waals surface area contributed by atoms with Crippen LogP contribution in [0.3, 0.4) is 0 Å². The van der Waals surface area contributed by atoms with Gasteiger partial charge in [-0.1, -0.05) is 6.92 Å². The van der Waals surface area contributed by atoms with E-state index in [4.69, 9.17) is 10.5 Å². The van der Waals surface area contributed by atoms with Gasteiger partial charge in [-0.25, -0.2) is 0 Å². The Hall–Kier alpha value is -0.120. The Bertz CT molecular complexity index is 142. The summed E-state index contributed by atoms with van der Waals surface area (Å²) < 4.78 is 5.18. The van der Waals surface area contributed by atoms with Crippen molar-refractivity contribution in [3.05, 3.63) is 0 Å². The number of nitrogens with two attached hydrogens (primary N) is 1. The van der Waals surface area contributed by atoms with Crippen LogP contribution in [0, 0.1) is 5.41 Å². The van der Waals surface area contributed by atoms with Gasteiger partial charge < -0.3 is 15.8 Å². The zero-order valence-corrected chi connectivity index (χ0v) is 8.81. The van der Waals surface area contributed by atoms with Crippen molar-refractivity contribution in [2.45, 2.75) is 32.3 Å². The van der Waals surface area contributed by atoms with Crippen LogP contribution in [0.5, 0.6) is 0 Å². The highest BCUT2D eigenvalue weighted by atomic mass is 16.5. The first-order chi connectivity index (χ1) is 6.20. The van der Waals surface area contributed by atoms with E-state index in [1.54, 1.807) is 7.11 Å². The van der Waals surface area contributed by atoms with Crippen molar-refractivity contribution in [3.8, 4) is 0 Å². The van der Waals surface area contributed by atoms with Crippen molar-refractivity contribution in [3.63, 3.8) is 0 Å². The Balaban J connectivity index is 1.93. The van der Waals surface area contributed by atoms with E-state index >= 15 is 0 Å².